The number of rotatable bonds is 7. The van der Waals surface area contributed by atoms with Crippen LogP contribution in [-0.2, 0) is 6.42 Å². The summed E-state index contributed by atoms with van der Waals surface area (Å²) >= 11 is 1.68. The van der Waals surface area contributed by atoms with Crippen molar-refractivity contribution < 1.29 is 0 Å². The van der Waals surface area contributed by atoms with Crippen LogP contribution in [0.15, 0.2) is 71.8 Å². The molecule has 1 aromatic heterocycles. The molecule has 0 saturated carbocycles. The Morgan fingerprint density at radius 2 is 1.80 bits per heavy atom. The third-order valence-electron chi connectivity index (χ3n) is 5.15. The van der Waals surface area contributed by atoms with E-state index in [1.54, 1.807) is 11.3 Å². The third kappa shape index (κ3) is 4.44. The van der Waals surface area contributed by atoms with Crippen LogP contribution >= 0.6 is 11.3 Å². The molecular formula is C26H27N3S. The second-order valence-electron chi connectivity index (χ2n) is 7.46. The van der Waals surface area contributed by atoms with Crippen molar-refractivity contribution in [3.05, 3.63) is 83.4 Å². The van der Waals surface area contributed by atoms with Crippen LogP contribution in [0.3, 0.4) is 0 Å². The van der Waals surface area contributed by atoms with Gasteiger partial charge in [0.2, 0.25) is 5.13 Å². The average Bonchev–Trinajstić information content (AvgIpc) is 3.19. The van der Waals surface area contributed by atoms with E-state index in [0.717, 1.165) is 29.2 Å². The maximum atomic E-state index is 4.81. The number of para-hydroxylation sites is 1. The second-order valence-corrected chi connectivity index (χ2v) is 8.47. The number of thiazole rings is 1. The quantitative estimate of drug-likeness (QED) is 0.239. The minimum Gasteiger partial charge on any atom is -0.239 e. The van der Waals surface area contributed by atoms with E-state index in [2.05, 4.69) is 75.4 Å². The van der Waals surface area contributed by atoms with Gasteiger partial charge in [-0.05, 0) is 55.2 Å². The van der Waals surface area contributed by atoms with Gasteiger partial charge in [0.1, 0.15) is 0 Å². The highest BCUT2D eigenvalue weighted by molar-refractivity contribution is 7.22. The van der Waals surface area contributed by atoms with Crippen LogP contribution in [0.25, 0.3) is 21.3 Å². The summed E-state index contributed by atoms with van der Waals surface area (Å²) in [5.74, 6) is 0. The summed E-state index contributed by atoms with van der Waals surface area (Å²) in [6.45, 7) is 7.21. The summed E-state index contributed by atoms with van der Waals surface area (Å²) in [4.78, 5) is 4.75. The zero-order chi connectivity index (χ0) is 20.9. The van der Waals surface area contributed by atoms with E-state index in [0.29, 0.717) is 0 Å². The van der Waals surface area contributed by atoms with Gasteiger partial charge in [-0.1, -0.05) is 78.8 Å². The van der Waals surface area contributed by atoms with Crippen LogP contribution in [-0.4, -0.2) is 17.7 Å². The molecule has 4 rings (SSSR count). The number of aromatic nitrogens is 1. The van der Waals surface area contributed by atoms with Gasteiger partial charge in [-0.2, -0.15) is 5.10 Å². The SMILES string of the molecule is CCCc1ccc(-c2ccc(C)cc2/C=N/N(CC)c2nc3ccccc3s2)cc1. The molecule has 0 fully saturated rings. The Kier molecular flexibility index (Phi) is 6.24. The monoisotopic (exact) mass is 413 g/mol. The molecule has 0 aliphatic rings. The third-order valence-corrected chi connectivity index (χ3v) is 6.20. The standard InChI is InChI=1S/C26H27N3S/c1-4-8-20-12-14-21(15-13-20)23-16-11-19(3)17-22(23)18-27-29(5-2)26-28-24-9-6-7-10-25(24)30-26/h6-7,9-18H,4-5,8H2,1-3H3/b27-18+. The van der Waals surface area contributed by atoms with Gasteiger partial charge in [0, 0.05) is 12.1 Å². The summed E-state index contributed by atoms with van der Waals surface area (Å²) in [5.41, 5.74) is 7.18. The highest BCUT2D eigenvalue weighted by Gasteiger charge is 2.10. The van der Waals surface area contributed by atoms with Crippen molar-refractivity contribution in [1.82, 2.24) is 4.98 Å². The Bertz CT molecular complexity index is 1130. The molecule has 1 heterocycles. The number of aryl methyl sites for hydroxylation is 2. The van der Waals surface area contributed by atoms with Gasteiger partial charge < -0.3 is 0 Å². The van der Waals surface area contributed by atoms with Gasteiger partial charge in [-0.15, -0.1) is 0 Å². The van der Waals surface area contributed by atoms with Crippen molar-refractivity contribution in [3.8, 4) is 11.1 Å². The van der Waals surface area contributed by atoms with Gasteiger partial charge >= 0.3 is 0 Å². The van der Waals surface area contributed by atoms with Gasteiger partial charge in [-0.3, -0.25) is 0 Å². The first kappa shape index (κ1) is 20.3. The van der Waals surface area contributed by atoms with Crippen LogP contribution in [0, 0.1) is 6.92 Å². The Hall–Kier alpha value is -2.98. The first-order valence-corrected chi connectivity index (χ1v) is 11.4. The van der Waals surface area contributed by atoms with Gasteiger partial charge in [0.05, 0.1) is 16.4 Å². The van der Waals surface area contributed by atoms with E-state index in [-0.39, 0.29) is 0 Å². The molecule has 0 atom stereocenters. The van der Waals surface area contributed by atoms with E-state index in [4.69, 9.17) is 10.1 Å². The second kappa shape index (κ2) is 9.23. The van der Waals surface area contributed by atoms with Gasteiger partial charge in [0.25, 0.3) is 0 Å². The number of nitrogens with zero attached hydrogens (tertiary/aromatic N) is 3. The molecule has 0 radical (unpaired) electrons. The normalized spacial score (nSPS) is 11.4. The molecule has 0 unspecified atom stereocenters. The lowest BCUT2D eigenvalue weighted by Crippen LogP contribution is -2.15. The lowest BCUT2D eigenvalue weighted by Gasteiger charge is -2.14. The molecule has 0 spiro atoms. The maximum absolute atomic E-state index is 4.81. The van der Waals surface area contributed by atoms with Crippen molar-refractivity contribution in [2.75, 3.05) is 11.6 Å². The van der Waals surface area contributed by atoms with Crippen molar-refractivity contribution in [3.63, 3.8) is 0 Å². The number of fused-ring (bicyclic) bond motifs is 1. The van der Waals surface area contributed by atoms with E-state index in [9.17, 15) is 0 Å². The highest BCUT2D eigenvalue weighted by atomic mass is 32.1. The fraction of sp³-hybridized carbons (Fsp3) is 0.231. The van der Waals surface area contributed by atoms with Crippen molar-refractivity contribution in [2.24, 2.45) is 5.10 Å². The molecule has 0 aliphatic heterocycles. The molecule has 0 saturated heterocycles. The number of hydrogen-bond donors (Lipinski definition) is 0. The molecule has 152 valence electrons. The van der Waals surface area contributed by atoms with Crippen LogP contribution < -0.4 is 5.01 Å². The molecule has 3 nitrogen and oxygen atoms in total. The first-order valence-electron chi connectivity index (χ1n) is 10.5. The summed E-state index contributed by atoms with van der Waals surface area (Å²) in [7, 11) is 0. The average molecular weight is 414 g/mol. The number of hydrogen-bond acceptors (Lipinski definition) is 4. The van der Waals surface area contributed by atoms with E-state index in [1.165, 1.54) is 33.4 Å². The number of anilines is 1. The maximum Gasteiger partial charge on any atom is 0.207 e. The van der Waals surface area contributed by atoms with Crippen LogP contribution in [0.2, 0.25) is 0 Å². The zero-order valence-electron chi connectivity index (χ0n) is 17.8. The minimum atomic E-state index is 0.767. The lowest BCUT2D eigenvalue weighted by atomic mass is 9.97. The Labute approximate surface area is 182 Å². The topological polar surface area (TPSA) is 28.5 Å². The fourth-order valence-corrected chi connectivity index (χ4v) is 4.55. The highest BCUT2D eigenvalue weighted by Crippen LogP contribution is 2.29. The van der Waals surface area contributed by atoms with E-state index < -0.39 is 0 Å². The van der Waals surface area contributed by atoms with Crippen molar-refractivity contribution >= 4 is 32.9 Å². The predicted molar refractivity (Wildman–Crippen MR) is 131 cm³/mol. The Morgan fingerprint density at radius 3 is 2.53 bits per heavy atom. The molecule has 3 aromatic carbocycles. The van der Waals surface area contributed by atoms with Crippen LogP contribution in [0.1, 0.15) is 37.0 Å². The van der Waals surface area contributed by atoms with E-state index in [1.807, 2.05) is 23.4 Å². The Balaban J connectivity index is 1.65. The summed E-state index contributed by atoms with van der Waals surface area (Å²) in [5, 5.41) is 7.71. The fourth-order valence-electron chi connectivity index (χ4n) is 3.56. The molecule has 0 bridgehead atoms. The molecule has 0 amide bonds. The van der Waals surface area contributed by atoms with E-state index >= 15 is 0 Å². The number of hydrazone groups is 1. The number of benzene rings is 3. The smallest absolute Gasteiger partial charge is 0.207 e. The Morgan fingerprint density at radius 1 is 1.00 bits per heavy atom. The lowest BCUT2D eigenvalue weighted by molar-refractivity contribution is 0.892. The predicted octanol–water partition coefficient (Wildman–Crippen LogP) is 7.08. The van der Waals surface area contributed by atoms with Crippen molar-refractivity contribution in [2.45, 2.75) is 33.6 Å². The minimum absolute atomic E-state index is 0.767. The zero-order valence-corrected chi connectivity index (χ0v) is 18.6. The molecule has 0 N–H and O–H groups in total. The first-order chi connectivity index (χ1) is 14.7. The summed E-state index contributed by atoms with van der Waals surface area (Å²) in [6, 6.07) is 23.7. The van der Waals surface area contributed by atoms with Crippen LogP contribution in [0.4, 0.5) is 5.13 Å². The largest absolute Gasteiger partial charge is 0.239 e. The summed E-state index contributed by atoms with van der Waals surface area (Å²) in [6.07, 6.45) is 4.26. The van der Waals surface area contributed by atoms with Gasteiger partial charge in [0.15, 0.2) is 0 Å². The molecule has 0 aliphatic carbocycles. The molecule has 30 heavy (non-hydrogen) atoms. The van der Waals surface area contributed by atoms with Gasteiger partial charge in [-0.25, -0.2) is 9.99 Å². The molecular weight excluding hydrogens is 386 g/mol. The summed E-state index contributed by atoms with van der Waals surface area (Å²) < 4.78 is 1.18. The molecule has 4 heteroatoms. The van der Waals surface area contributed by atoms with Crippen molar-refractivity contribution in [1.29, 1.82) is 0 Å². The van der Waals surface area contributed by atoms with Crippen LogP contribution in [0.5, 0.6) is 0 Å². The molecule has 4 aromatic rings.